The van der Waals surface area contributed by atoms with Crippen molar-refractivity contribution in [1.82, 2.24) is 20.9 Å². The van der Waals surface area contributed by atoms with Crippen LogP contribution in [0.25, 0.3) is 0 Å². The number of nitrogens with zero attached hydrogens (tertiary/aromatic N) is 1. The summed E-state index contributed by atoms with van der Waals surface area (Å²) in [6, 6.07) is 3.83. The average molecular weight is 789 g/mol. The SMILES string of the molecule is CC(C)[C@H](NC(=O)OCCOCCN1C(=O)C(C(C)(C)C)C(C(C)(C)C)C1=O)C(=O)N[C@@H](CCCNC(N)=O)C(=O)Nc1ccc(COC(=O)C(C)(C)C)cc1. The van der Waals surface area contributed by atoms with Crippen LogP contribution in [0.5, 0.6) is 0 Å². The number of anilines is 1. The molecule has 1 heterocycles. The Balaban J connectivity index is 1.95. The van der Waals surface area contributed by atoms with Gasteiger partial charge in [0.25, 0.3) is 0 Å². The number of likely N-dealkylation sites (tertiary alicyclic amines) is 1. The fraction of sp³-hybridized carbons (Fsp3) is 0.675. The van der Waals surface area contributed by atoms with Gasteiger partial charge < -0.3 is 41.2 Å². The maximum absolute atomic E-state index is 13.5. The number of carbonyl (C=O) groups is 7. The zero-order valence-corrected chi connectivity index (χ0v) is 35.0. The monoisotopic (exact) mass is 788 g/mol. The molecule has 16 heteroatoms. The first-order valence-corrected chi connectivity index (χ1v) is 19.1. The van der Waals surface area contributed by atoms with Crippen LogP contribution in [0.15, 0.2) is 24.3 Å². The lowest BCUT2D eigenvalue weighted by atomic mass is 9.65. The molecule has 2 rings (SSSR count). The zero-order chi connectivity index (χ0) is 42.6. The number of carbonyl (C=O) groups excluding carboxylic acids is 7. The predicted octanol–water partition coefficient (Wildman–Crippen LogP) is 4.11. The van der Waals surface area contributed by atoms with Crippen LogP contribution >= 0.6 is 0 Å². The number of urea groups is 1. The van der Waals surface area contributed by atoms with E-state index in [2.05, 4.69) is 21.3 Å². The Labute approximate surface area is 331 Å². The smallest absolute Gasteiger partial charge is 0.407 e. The highest BCUT2D eigenvalue weighted by Gasteiger charge is 2.56. The van der Waals surface area contributed by atoms with E-state index in [4.69, 9.17) is 19.9 Å². The molecular formula is C40H64N6O10. The van der Waals surface area contributed by atoms with E-state index in [1.54, 1.807) is 58.9 Å². The Bertz CT molecular complexity index is 1510. The summed E-state index contributed by atoms with van der Waals surface area (Å²) in [5, 5.41) is 10.5. The largest absolute Gasteiger partial charge is 0.460 e. The first-order valence-electron chi connectivity index (χ1n) is 19.1. The number of hydrogen-bond donors (Lipinski definition) is 5. The molecule has 0 aromatic heterocycles. The minimum absolute atomic E-state index is 0.0157. The third-order valence-electron chi connectivity index (χ3n) is 9.21. The molecule has 1 aromatic carbocycles. The Kier molecular flexibility index (Phi) is 17.3. The predicted molar refractivity (Wildman–Crippen MR) is 210 cm³/mol. The summed E-state index contributed by atoms with van der Waals surface area (Å²) in [7, 11) is 0. The molecule has 1 aliphatic heterocycles. The number of benzene rings is 1. The molecular weight excluding hydrogens is 724 g/mol. The summed E-state index contributed by atoms with van der Waals surface area (Å²) < 4.78 is 16.2. The molecule has 314 valence electrons. The van der Waals surface area contributed by atoms with Gasteiger partial charge in [-0.3, -0.25) is 28.9 Å². The molecule has 4 atom stereocenters. The van der Waals surface area contributed by atoms with Gasteiger partial charge in [-0.1, -0.05) is 67.5 Å². The summed E-state index contributed by atoms with van der Waals surface area (Å²) >= 11 is 0. The van der Waals surface area contributed by atoms with Gasteiger partial charge in [0.1, 0.15) is 25.3 Å². The van der Waals surface area contributed by atoms with Gasteiger partial charge >= 0.3 is 18.1 Å². The maximum Gasteiger partial charge on any atom is 0.407 e. The van der Waals surface area contributed by atoms with Gasteiger partial charge in [-0.25, -0.2) is 9.59 Å². The van der Waals surface area contributed by atoms with E-state index in [0.717, 1.165) is 0 Å². The Morgan fingerprint density at radius 1 is 0.786 bits per heavy atom. The van der Waals surface area contributed by atoms with E-state index in [1.165, 1.54) is 4.90 Å². The van der Waals surface area contributed by atoms with Gasteiger partial charge in [-0.2, -0.15) is 0 Å². The number of nitrogens with one attached hydrogen (secondary N) is 4. The lowest BCUT2D eigenvalue weighted by molar-refractivity contribution is -0.154. The van der Waals surface area contributed by atoms with Crippen molar-refractivity contribution in [2.75, 3.05) is 38.2 Å². The van der Waals surface area contributed by atoms with Crippen molar-refractivity contribution >= 4 is 47.4 Å². The Morgan fingerprint density at radius 2 is 1.36 bits per heavy atom. The van der Waals surface area contributed by atoms with Crippen molar-refractivity contribution in [2.45, 2.75) is 108 Å². The molecule has 0 radical (unpaired) electrons. The average Bonchev–Trinajstić information content (AvgIpc) is 3.34. The first kappa shape index (κ1) is 47.4. The van der Waals surface area contributed by atoms with Gasteiger partial charge in [-0.15, -0.1) is 0 Å². The molecule has 16 nitrogen and oxygen atoms in total. The highest BCUT2D eigenvalue weighted by atomic mass is 16.6. The molecule has 0 spiro atoms. The number of amides is 7. The second-order valence-corrected chi connectivity index (χ2v) is 17.6. The van der Waals surface area contributed by atoms with Gasteiger partial charge in [0.05, 0.1) is 37.0 Å². The highest BCUT2D eigenvalue weighted by Crippen LogP contribution is 2.47. The van der Waals surface area contributed by atoms with Gasteiger partial charge in [0.2, 0.25) is 23.6 Å². The third-order valence-corrected chi connectivity index (χ3v) is 9.21. The third kappa shape index (κ3) is 14.7. The summed E-state index contributed by atoms with van der Waals surface area (Å²) in [6.07, 6.45) is -0.447. The number of ether oxygens (including phenoxy) is 3. The van der Waals surface area contributed by atoms with E-state index in [-0.39, 0.29) is 63.7 Å². The molecule has 1 aliphatic rings. The standard InChI is InChI=1S/C40H64N6O10/c1-24(2)30(45-37(53)55-22-21-54-20-19-46-33(49)28(38(3,4)5)29(34(46)50)39(6,7)8)32(48)44-27(13-12-18-42-36(41)52)31(47)43-26-16-14-25(15-17-26)23-56-35(51)40(9,10)11/h14-17,24,27-30H,12-13,18-23H2,1-11H3,(H,43,47)(H,44,48)(H,45,53)(H3,41,42,52)/t27-,28?,29?,30-/m0/s1. The maximum atomic E-state index is 13.5. The number of alkyl carbamates (subject to hydrolysis) is 1. The van der Waals surface area contributed by atoms with Crippen LogP contribution in [0.1, 0.15) is 94.6 Å². The first-order chi connectivity index (χ1) is 25.8. The van der Waals surface area contributed by atoms with Crippen molar-refractivity contribution in [3.05, 3.63) is 29.8 Å². The zero-order valence-electron chi connectivity index (χ0n) is 35.0. The molecule has 1 fully saturated rings. The van der Waals surface area contributed by atoms with Crippen LogP contribution in [0.3, 0.4) is 0 Å². The topological polar surface area (TPSA) is 225 Å². The molecule has 7 amide bonds. The summed E-state index contributed by atoms with van der Waals surface area (Å²) in [5.41, 5.74) is 4.86. The van der Waals surface area contributed by atoms with Gasteiger partial charge in [0, 0.05) is 12.2 Å². The van der Waals surface area contributed by atoms with E-state index >= 15 is 0 Å². The fourth-order valence-electron chi connectivity index (χ4n) is 6.17. The highest BCUT2D eigenvalue weighted by molar-refractivity contribution is 6.05. The van der Waals surface area contributed by atoms with E-state index in [9.17, 15) is 33.6 Å². The molecule has 1 aromatic rings. The minimum Gasteiger partial charge on any atom is -0.460 e. The van der Waals surface area contributed by atoms with Crippen LogP contribution in [-0.4, -0.2) is 91.6 Å². The van der Waals surface area contributed by atoms with Crippen molar-refractivity contribution in [3.8, 4) is 0 Å². The van der Waals surface area contributed by atoms with Crippen LogP contribution in [0.4, 0.5) is 15.3 Å². The second-order valence-electron chi connectivity index (χ2n) is 17.6. The molecule has 6 N–H and O–H groups in total. The fourth-order valence-corrected chi connectivity index (χ4v) is 6.17. The number of rotatable bonds is 18. The van der Waals surface area contributed by atoms with Gasteiger partial charge in [0.15, 0.2) is 0 Å². The second kappa shape index (κ2) is 20.4. The van der Waals surface area contributed by atoms with Crippen molar-refractivity contribution in [1.29, 1.82) is 0 Å². The van der Waals surface area contributed by atoms with Crippen molar-refractivity contribution in [3.63, 3.8) is 0 Å². The normalized spacial score (nSPS) is 17.2. The van der Waals surface area contributed by atoms with Crippen molar-refractivity contribution in [2.24, 2.45) is 39.7 Å². The number of imide groups is 1. The Morgan fingerprint density at radius 3 is 1.86 bits per heavy atom. The molecule has 2 unspecified atom stereocenters. The molecule has 0 bridgehead atoms. The number of nitrogens with two attached hydrogens (primary N) is 1. The van der Waals surface area contributed by atoms with Crippen LogP contribution in [0.2, 0.25) is 0 Å². The van der Waals surface area contributed by atoms with E-state index in [0.29, 0.717) is 17.7 Å². The van der Waals surface area contributed by atoms with E-state index < -0.39 is 70.0 Å². The van der Waals surface area contributed by atoms with Crippen molar-refractivity contribution < 1.29 is 47.8 Å². The minimum atomic E-state index is -1.07. The van der Waals surface area contributed by atoms with Crippen LogP contribution in [0, 0.1) is 34.0 Å². The quantitative estimate of drug-likeness (QED) is 0.0813. The number of primary amides is 1. The summed E-state index contributed by atoms with van der Waals surface area (Å²) in [6.45, 7) is 20.6. The molecule has 56 heavy (non-hydrogen) atoms. The molecule has 0 saturated carbocycles. The van der Waals surface area contributed by atoms with E-state index in [1.807, 2.05) is 41.5 Å². The summed E-state index contributed by atoms with van der Waals surface area (Å²) in [4.78, 5) is 90.6. The number of esters is 1. The molecule has 1 saturated heterocycles. The lowest BCUT2D eigenvalue weighted by Gasteiger charge is -2.35. The number of hydrogen-bond acceptors (Lipinski definition) is 10. The van der Waals surface area contributed by atoms with Crippen LogP contribution in [-0.2, 0) is 44.8 Å². The molecule has 0 aliphatic carbocycles. The summed E-state index contributed by atoms with van der Waals surface area (Å²) in [5.74, 6) is -3.24. The van der Waals surface area contributed by atoms with Gasteiger partial charge in [-0.05, 0) is 68.1 Å². The van der Waals surface area contributed by atoms with Crippen LogP contribution < -0.4 is 27.0 Å². The lowest BCUT2D eigenvalue weighted by Crippen LogP contribution is -2.54. The Hall–Kier alpha value is -4.73.